The fraction of sp³-hybridized carbons (Fsp3) is 0.833. The molecule has 0 aromatic carbocycles. The molecular weight excluding hydrogens is 231 g/mol. The van der Waals surface area contributed by atoms with Crippen LogP contribution in [-0.4, -0.2) is 55.8 Å². The molecule has 0 aromatic heterocycles. The van der Waals surface area contributed by atoms with Crippen molar-refractivity contribution >= 4 is 14.1 Å². The van der Waals surface area contributed by atoms with E-state index < -0.39 is 32.2 Å². The van der Waals surface area contributed by atoms with Crippen LogP contribution in [0.15, 0.2) is 0 Å². The van der Waals surface area contributed by atoms with Crippen molar-refractivity contribution in [2.75, 3.05) is 0 Å². The van der Waals surface area contributed by atoms with E-state index in [0.717, 1.165) is 6.92 Å². The normalized spacial score (nSPS) is 20.4. The molecule has 0 aromatic rings. The Bertz CT molecular complexity index is 250. The number of hydrogen-bond donors (Lipinski definition) is 5. The summed E-state index contributed by atoms with van der Waals surface area (Å²) in [7, 11) is -4.80. The number of aliphatic hydroxyl groups excluding tert-OH is 3. The summed E-state index contributed by atoms with van der Waals surface area (Å²) in [6.07, 6.45) is -6.96. The van der Waals surface area contributed by atoms with E-state index in [-0.39, 0.29) is 6.29 Å². The third kappa shape index (κ3) is 5.33. The smallest absolute Gasteiger partial charge is 0.388 e. The quantitative estimate of drug-likeness (QED) is 0.260. The summed E-state index contributed by atoms with van der Waals surface area (Å²) < 4.78 is 14.4. The highest BCUT2D eigenvalue weighted by Gasteiger charge is 2.32. The summed E-state index contributed by atoms with van der Waals surface area (Å²) >= 11 is 0. The Morgan fingerprint density at radius 3 is 2.00 bits per heavy atom. The molecule has 0 rings (SSSR count). The Morgan fingerprint density at radius 2 is 1.67 bits per heavy atom. The molecule has 15 heavy (non-hydrogen) atoms. The second-order valence-electron chi connectivity index (χ2n) is 2.91. The number of phosphoric ester groups is 1. The Morgan fingerprint density at radius 1 is 1.20 bits per heavy atom. The van der Waals surface area contributed by atoms with Crippen molar-refractivity contribution < 1.29 is 39.0 Å². The summed E-state index contributed by atoms with van der Waals surface area (Å²) in [6.45, 7) is 1.07. The molecule has 9 heteroatoms. The van der Waals surface area contributed by atoms with Crippen LogP contribution in [0.25, 0.3) is 0 Å². The maximum absolute atomic E-state index is 10.4. The van der Waals surface area contributed by atoms with Crippen LogP contribution >= 0.6 is 7.82 Å². The number of phosphoric acid groups is 1. The Labute approximate surface area is 85.4 Å². The average molecular weight is 244 g/mol. The fourth-order valence-electron chi connectivity index (χ4n) is 0.839. The van der Waals surface area contributed by atoms with E-state index in [2.05, 4.69) is 4.52 Å². The largest absolute Gasteiger partial charge is 0.469 e. The van der Waals surface area contributed by atoms with E-state index in [4.69, 9.17) is 20.0 Å². The van der Waals surface area contributed by atoms with Crippen molar-refractivity contribution in [1.82, 2.24) is 0 Å². The standard InChI is InChI=1S/C6H13O8P/c1-3(14-15(11,12)13)5(9)6(10)4(8)2-7/h2-6,8-10H,1H3,(H2,11,12,13)/t3-,4+,5-,6-/m1/s1. The summed E-state index contributed by atoms with van der Waals surface area (Å²) in [6, 6.07) is 0. The van der Waals surface area contributed by atoms with Crippen LogP contribution in [0, 0.1) is 0 Å². The number of aliphatic hydroxyl groups is 3. The van der Waals surface area contributed by atoms with Gasteiger partial charge < -0.3 is 29.9 Å². The maximum Gasteiger partial charge on any atom is 0.469 e. The number of hydrogen-bond acceptors (Lipinski definition) is 6. The molecule has 90 valence electrons. The molecule has 8 nitrogen and oxygen atoms in total. The van der Waals surface area contributed by atoms with Gasteiger partial charge in [0.15, 0.2) is 6.29 Å². The highest BCUT2D eigenvalue weighted by molar-refractivity contribution is 7.46. The summed E-state index contributed by atoms with van der Waals surface area (Å²) in [5.41, 5.74) is 0. The lowest BCUT2D eigenvalue weighted by molar-refractivity contribution is -0.131. The van der Waals surface area contributed by atoms with Gasteiger partial charge in [0.2, 0.25) is 0 Å². The predicted octanol–water partition coefficient (Wildman–Crippen LogP) is -2.23. The van der Waals surface area contributed by atoms with Gasteiger partial charge in [-0.3, -0.25) is 4.52 Å². The van der Waals surface area contributed by atoms with Crippen LogP contribution < -0.4 is 0 Å². The van der Waals surface area contributed by atoms with Crippen molar-refractivity contribution in [1.29, 1.82) is 0 Å². The molecule has 0 aliphatic heterocycles. The molecule has 0 heterocycles. The lowest BCUT2D eigenvalue weighted by atomic mass is 10.1. The molecular formula is C6H13O8P. The monoisotopic (exact) mass is 244 g/mol. The van der Waals surface area contributed by atoms with Gasteiger partial charge in [0.25, 0.3) is 0 Å². The van der Waals surface area contributed by atoms with Gasteiger partial charge in [-0.1, -0.05) is 0 Å². The van der Waals surface area contributed by atoms with Crippen molar-refractivity contribution in [3.8, 4) is 0 Å². The Balaban J connectivity index is 4.37. The summed E-state index contributed by atoms with van der Waals surface area (Å²) in [4.78, 5) is 26.8. The molecule has 0 bridgehead atoms. The van der Waals surface area contributed by atoms with Crippen LogP contribution in [-0.2, 0) is 13.9 Å². The predicted molar refractivity (Wildman–Crippen MR) is 46.7 cm³/mol. The first-order valence-corrected chi connectivity index (χ1v) is 5.45. The average Bonchev–Trinajstić information content (AvgIpc) is 2.11. The lowest BCUT2D eigenvalue weighted by Gasteiger charge is -2.24. The molecule has 5 N–H and O–H groups in total. The van der Waals surface area contributed by atoms with E-state index in [1.54, 1.807) is 0 Å². The van der Waals surface area contributed by atoms with Crippen LogP contribution in [0.4, 0.5) is 0 Å². The summed E-state index contributed by atoms with van der Waals surface area (Å²) in [5.74, 6) is 0. The Hall–Kier alpha value is -0.340. The Kier molecular flexibility index (Phi) is 5.54. The van der Waals surface area contributed by atoms with Gasteiger partial charge in [0.1, 0.15) is 18.3 Å². The topological polar surface area (TPSA) is 145 Å². The van der Waals surface area contributed by atoms with Gasteiger partial charge in [-0.15, -0.1) is 0 Å². The van der Waals surface area contributed by atoms with E-state index in [0.29, 0.717) is 0 Å². The molecule has 0 spiro atoms. The van der Waals surface area contributed by atoms with E-state index in [1.165, 1.54) is 0 Å². The minimum absolute atomic E-state index is 0.0158. The highest BCUT2D eigenvalue weighted by atomic mass is 31.2. The molecule has 0 saturated heterocycles. The van der Waals surface area contributed by atoms with Crippen LogP contribution in [0.3, 0.4) is 0 Å². The minimum Gasteiger partial charge on any atom is -0.388 e. The zero-order chi connectivity index (χ0) is 12.2. The summed E-state index contributed by atoms with van der Waals surface area (Å²) in [5, 5.41) is 27.1. The molecule has 0 amide bonds. The molecule has 0 unspecified atom stereocenters. The first-order valence-electron chi connectivity index (χ1n) is 3.92. The second kappa shape index (κ2) is 5.66. The number of rotatable bonds is 6. The van der Waals surface area contributed by atoms with Gasteiger partial charge >= 0.3 is 7.82 Å². The second-order valence-corrected chi connectivity index (χ2v) is 4.10. The van der Waals surface area contributed by atoms with Gasteiger partial charge in [0.05, 0.1) is 6.10 Å². The fourth-order valence-corrected chi connectivity index (χ4v) is 1.40. The van der Waals surface area contributed by atoms with Crippen LogP contribution in [0.2, 0.25) is 0 Å². The van der Waals surface area contributed by atoms with Crippen molar-refractivity contribution in [3.05, 3.63) is 0 Å². The van der Waals surface area contributed by atoms with Crippen molar-refractivity contribution in [3.63, 3.8) is 0 Å². The number of carbonyl (C=O) groups excluding carboxylic acids is 1. The van der Waals surface area contributed by atoms with Gasteiger partial charge in [-0.05, 0) is 6.92 Å². The van der Waals surface area contributed by atoms with E-state index in [1.807, 2.05) is 0 Å². The minimum atomic E-state index is -4.80. The van der Waals surface area contributed by atoms with Gasteiger partial charge in [-0.2, -0.15) is 0 Å². The number of aldehydes is 1. The van der Waals surface area contributed by atoms with Gasteiger partial charge in [-0.25, -0.2) is 4.57 Å². The molecule has 0 saturated carbocycles. The van der Waals surface area contributed by atoms with Crippen LogP contribution in [0.1, 0.15) is 6.92 Å². The zero-order valence-corrected chi connectivity index (χ0v) is 8.69. The third-order valence-electron chi connectivity index (χ3n) is 1.62. The SMILES string of the molecule is C[C@@H](OP(=O)(O)O)[C@@H](O)[C@H](O)[C@@H](O)C=O. The first-order chi connectivity index (χ1) is 6.69. The highest BCUT2D eigenvalue weighted by Crippen LogP contribution is 2.38. The molecule has 0 radical (unpaired) electrons. The molecule has 0 aliphatic rings. The molecule has 0 aliphatic carbocycles. The third-order valence-corrected chi connectivity index (χ3v) is 2.23. The first kappa shape index (κ1) is 14.7. The molecule has 4 atom stereocenters. The van der Waals surface area contributed by atoms with Crippen molar-refractivity contribution in [2.45, 2.75) is 31.3 Å². The van der Waals surface area contributed by atoms with E-state index in [9.17, 15) is 14.5 Å². The van der Waals surface area contributed by atoms with Crippen molar-refractivity contribution in [2.24, 2.45) is 0 Å². The van der Waals surface area contributed by atoms with Crippen LogP contribution in [0.5, 0.6) is 0 Å². The van der Waals surface area contributed by atoms with Gasteiger partial charge in [0, 0.05) is 0 Å². The number of carbonyl (C=O) groups is 1. The molecule has 0 fully saturated rings. The zero-order valence-electron chi connectivity index (χ0n) is 7.79. The lowest BCUT2D eigenvalue weighted by Crippen LogP contribution is -2.44. The van der Waals surface area contributed by atoms with E-state index >= 15 is 0 Å². The maximum atomic E-state index is 10.4.